The fourth-order valence-corrected chi connectivity index (χ4v) is 3.16. The minimum absolute atomic E-state index is 0.0760. The van der Waals surface area contributed by atoms with E-state index in [-0.39, 0.29) is 12.1 Å². The van der Waals surface area contributed by atoms with Gasteiger partial charge in [-0.15, -0.1) is 0 Å². The van der Waals surface area contributed by atoms with E-state index in [4.69, 9.17) is 5.73 Å². The SMILES string of the molecule is CC(N)c1ccc(S(=O)(=O)N(C)C2CC2)cc1. The fraction of sp³-hybridized carbons (Fsp3) is 0.500. The maximum absolute atomic E-state index is 12.2. The highest BCUT2D eigenvalue weighted by molar-refractivity contribution is 7.89. The Morgan fingerprint density at radius 3 is 2.24 bits per heavy atom. The molecule has 1 saturated carbocycles. The van der Waals surface area contributed by atoms with Gasteiger partial charge >= 0.3 is 0 Å². The van der Waals surface area contributed by atoms with E-state index in [1.165, 1.54) is 4.31 Å². The molecule has 0 radical (unpaired) electrons. The molecule has 0 heterocycles. The Kier molecular flexibility index (Phi) is 3.25. The minimum Gasteiger partial charge on any atom is -0.324 e. The number of sulfonamides is 1. The van der Waals surface area contributed by atoms with E-state index in [0.29, 0.717) is 4.90 Å². The molecule has 0 bridgehead atoms. The van der Waals surface area contributed by atoms with Gasteiger partial charge in [-0.3, -0.25) is 0 Å². The van der Waals surface area contributed by atoms with Crippen LogP contribution in [0.1, 0.15) is 31.4 Å². The lowest BCUT2D eigenvalue weighted by atomic mass is 10.1. The van der Waals surface area contributed by atoms with E-state index in [9.17, 15) is 8.42 Å². The molecular weight excluding hydrogens is 236 g/mol. The molecule has 1 atom stereocenters. The van der Waals surface area contributed by atoms with Crippen molar-refractivity contribution in [1.82, 2.24) is 4.31 Å². The van der Waals surface area contributed by atoms with Crippen LogP contribution < -0.4 is 5.73 Å². The second-order valence-electron chi connectivity index (χ2n) is 4.61. The second-order valence-corrected chi connectivity index (χ2v) is 6.61. The maximum Gasteiger partial charge on any atom is 0.243 e. The van der Waals surface area contributed by atoms with Crippen LogP contribution in [0.3, 0.4) is 0 Å². The van der Waals surface area contributed by atoms with Gasteiger partial charge in [-0.2, -0.15) is 4.31 Å². The summed E-state index contributed by atoms with van der Waals surface area (Å²) in [4.78, 5) is 0.344. The second kappa shape index (κ2) is 4.40. The van der Waals surface area contributed by atoms with Crippen molar-refractivity contribution >= 4 is 10.0 Å². The zero-order valence-electron chi connectivity index (χ0n) is 10.1. The highest BCUT2D eigenvalue weighted by Crippen LogP contribution is 2.30. The average molecular weight is 254 g/mol. The molecule has 1 aliphatic carbocycles. The molecule has 1 unspecified atom stereocenters. The minimum atomic E-state index is -3.33. The number of hydrogen-bond donors (Lipinski definition) is 1. The van der Waals surface area contributed by atoms with E-state index in [2.05, 4.69) is 0 Å². The van der Waals surface area contributed by atoms with Gasteiger partial charge in [0.15, 0.2) is 0 Å². The first-order valence-electron chi connectivity index (χ1n) is 5.76. The van der Waals surface area contributed by atoms with E-state index >= 15 is 0 Å². The van der Waals surface area contributed by atoms with Gasteiger partial charge in [-0.05, 0) is 37.5 Å². The molecule has 94 valence electrons. The van der Waals surface area contributed by atoms with Crippen LogP contribution in [0.5, 0.6) is 0 Å². The van der Waals surface area contributed by atoms with Crippen molar-refractivity contribution in [3.8, 4) is 0 Å². The number of nitrogens with zero attached hydrogens (tertiary/aromatic N) is 1. The number of hydrogen-bond acceptors (Lipinski definition) is 3. The molecule has 17 heavy (non-hydrogen) atoms. The normalized spacial score (nSPS) is 18.4. The largest absolute Gasteiger partial charge is 0.324 e. The summed E-state index contributed by atoms with van der Waals surface area (Å²) in [5.74, 6) is 0. The molecule has 0 saturated heterocycles. The van der Waals surface area contributed by atoms with Crippen molar-refractivity contribution in [1.29, 1.82) is 0 Å². The van der Waals surface area contributed by atoms with Crippen LogP contribution in [-0.4, -0.2) is 25.8 Å². The quantitative estimate of drug-likeness (QED) is 0.885. The first-order valence-corrected chi connectivity index (χ1v) is 7.20. The molecule has 0 spiro atoms. The van der Waals surface area contributed by atoms with Crippen LogP contribution in [0.15, 0.2) is 29.2 Å². The lowest BCUT2D eigenvalue weighted by molar-refractivity contribution is 0.464. The Balaban J connectivity index is 2.27. The summed E-state index contributed by atoms with van der Waals surface area (Å²) in [5.41, 5.74) is 6.67. The fourth-order valence-electron chi connectivity index (χ4n) is 1.74. The van der Waals surface area contributed by atoms with Crippen molar-refractivity contribution in [2.24, 2.45) is 5.73 Å². The lowest BCUT2D eigenvalue weighted by Crippen LogP contribution is -2.28. The summed E-state index contributed by atoms with van der Waals surface area (Å²) in [6.45, 7) is 1.87. The zero-order valence-corrected chi connectivity index (χ0v) is 10.9. The van der Waals surface area contributed by atoms with Crippen molar-refractivity contribution in [3.05, 3.63) is 29.8 Å². The predicted octanol–water partition coefficient (Wildman–Crippen LogP) is 1.49. The van der Waals surface area contributed by atoms with Gasteiger partial charge in [-0.25, -0.2) is 8.42 Å². The van der Waals surface area contributed by atoms with Crippen LogP contribution in [0.2, 0.25) is 0 Å². The van der Waals surface area contributed by atoms with E-state index in [1.807, 2.05) is 6.92 Å². The van der Waals surface area contributed by atoms with E-state index in [0.717, 1.165) is 18.4 Å². The van der Waals surface area contributed by atoms with Crippen molar-refractivity contribution in [3.63, 3.8) is 0 Å². The van der Waals surface area contributed by atoms with Gasteiger partial charge in [0.1, 0.15) is 0 Å². The Labute approximate surface area is 102 Å². The predicted molar refractivity (Wildman–Crippen MR) is 67.0 cm³/mol. The third-order valence-corrected chi connectivity index (χ3v) is 5.07. The van der Waals surface area contributed by atoms with Crippen LogP contribution in [0.25, 0.3) is 0 Å². The summed E-state index contributed by atoms with van der Waals surface area (Å²) < 4.78 is 25.8. The summed E-state index contributed by atoms with van der Waals surface area (Å²) >= 11 is 0. The molecule has 4 nitrogen and oxygen atoms in total. The van der Waals surface area contributed by atoms with Crippen LogP contribution >= 0.6 is 0 Å². The smallest absolute Gasteiger partial charge is 0.243 e. The van der Waals surface area contributed by atoms with Gasteiger partial charge in [0.05, 0.1) is 4.90 Å². The molecular formula is C12H18N2O2S. The van der Waals surface area contributed by atoms with Crippen molar-refractivity contribution in [2.45, 2.75) is 36.7 Å². The summed E-state index contributed by atoms with van der Waals surface area (Å²) in [6.07, 6.45) is 1.93. The summed E-state index contributed by atoms with van der Waals surface area (Å²) in [7, 11) is -1.68. The molecule has 0 amide bonds. The molecule has 1 aliphatic rings. The zero-order chi connectivity index (χ0) is 12.6. The molecule has 1 aromatic rings. The molecule has 1 fully saturated rings. The molecule has 0 aromatic heterocycles. The highest BCUT2D eigenvalue weighted by Gasteiger charge is 2.34. The van der Waals surface area contributed by atoms with Crippen molar-refractivity contribution in [2.75, 3.05) is 7.05 Å². The highest BCUT2D eigenvalue weighted by atomic mass is 32.2. The molecule has 1 aromatic carbocycles. The van der Waals surface area contributed by atoms with E-state index in [1.54, 1.807) is 31.3 Å². The summed E-state index contributed by atoms with van der Waals surface area (Å²) in [5, 5.41) is 0. The van der Waals surface area contributed by atoms with Gasteiger partial charge in [-0.1, -0.05) is 12.1 Å². The Morgan fingerprint density at radius 2 is 1.82 bits per heavy atom. The average Bonchev–Trinajstić information content (AvgIpc) is 3.12. The Bertz CT molecular complexity index is 490. The van der Waals surface area contributed by atoms with Crippen LogP contribution in [0, 0.1) is 0 Å². The number of benzene rings is 1. The number of rotatable bonds is 4. The van der Waals surface area contributed by atoms with Gasteiger partial charge in [0, 0.05) is 19.1 Å². The third-order valence-electron chi connectivity index (χ3n) is 3.14. The molecule has 2 N–H and O–H groups in total. The van der Waals surface area contributed by atoms with Crippen molar-refractivity contribution < 1.29 is 8.42 Å². The van der Waals surface area contributed by atoms with Gasteiger partial charge < -0.3 is 5.73 Å². The topological polar surface area (TPSA) is 63.4 Å². The molecule has 2 rings (SSSR count). The van der Waals surface area contributed by atoms with Crippen LogP contribution in [0.4, 0.5) is 0 Å². The Morgan fingerprint density at radius 1 is 1.29 bits per heavy atom. The lowest BCUT2D eigenvalue weighted by Gasteiger charge is -2.16. The standard InChI is InChI=1S/C12H18N2O2S/c1-9(13)10-3-7-12(8-4-10)17(15,16)14(2)11-5-6-11/h3-4,7-9,11H,5-6,13H2,1-2H3. The molecule has 0 aliphatic heterocycles. The maximum atomic E-state index is 12.2. The monoisotopic (exact) mass is 254 g/mol. The van der Waals surface area contributed by atoms with E-state index < -0.39 is 10.0 Å². The third kappa shape index (κ3) is 2.51. The number of nitrogens with two attached hydrogens (primary N) is 1. The van der Waals surface area contributed by atoms with Gasteiger partial charge in [0.25, 0.3) is 0 Å². The Hall–Kier alpha value is -0.910. The first kappa shape index (κ1) is 12.5. The molecule has 5 heteroatoms. The van der Waals surface area contributed by atoms with Gasteiger partial charge in [0.2, 0.25) is 10.0 Å². The van der Waals surface area contributed by atoms with Crippen LogP contribution in [-0.2, 0) is 10.0 Å². The summed E-state index contributed by atoms with van der Waals surface area (Å²) in [6, 6.07) is 6.93. The first-order chi connectivity index (χ1) is 7.93.